The molecule has 0 aliphatic heterocycles. The summed E-state index contributed by atoms with van der Waals surface area (Å²) in [5.41, 5.74) is 6.14. The van der Waals surface area contributed by atoms with Crippen molar-refractivity contribution in [2.75, 3.05) is 17.1 Å². The minimum Gasteiger partial charge on any atom is -0.271 e. The van der Waals surface area contributed by atoms with Crippen LogP contribution in [0.15, 0.2) is 52.0 Å². The van der Waals surface area contributed by atoms with Crippen molar-refractivity contribution in [1.29, 1.82) is 0 Å². The molecular weight excluding hydrogens is 430 g/mol. The van der Waals surface area contributed by atoms with Crippen molar-refractivity contribution in [2.45, 2.75) is 20.8 Å². The van der Waals surface area contributed by atoms with E-state index in [1.807, 2.05) is 44.2 Å². The Morgan fingerprint density at radius 2 is 1.85 bits per heavy atom. The fraction of sp³-hybridized carbons (Fsp3) is 0.263. The quantitative estimate of drug-likeness (QED) is 0.539. The predicted molar refractivity (Wildman–Crippen MR) is 113 cm³/mol. The lowest BCUT2D eigenvalue weighted by Gasteiger charge is -2.24. The van der Waals surface area contributed by atoms with Crippen LogP contribution in [0, 0.1) is 13.8 Å². The van der Waals surface area contributed by atoms with E-state index in [4.69, 9.17) is 0 Å². The topological polar surface area (TPSA) is 78.8 Å². The van der Waals surface area contributed by atoms with Gasteiger partial charge >= 0.3 is 0 Å². The van der Waals surface area contributed by atoms with Gasteiger partial charge in [-0.3, -0.25) is 9.10 Å². The first-order chi connectivity index (χ1) is 12.6. The van der Waals surface area contributed by atoms with E-state index in [-0.39, 0.29) is 6.54 Å². The molecule has 0 saturated carbocycles. The second-order valence-electron chi connectivity index (χ2n) is 6.23. The SMILES string of the molecule is C/C(=N\NC(=O)CN(c1cccc(C)c1C)S(C)(=O)=O)c1cccc(Br)c1. The highest BCUT2D eigenvalue weighted by Gasteiger charge is 2.22. The Morgan fingerprint density at radius 1 is 1.19 bits per heavy atom. The van der Waals surface area contributed by atoms with E-state index >= 15 is 0 Å². The fourth-order valence-corrected chi connectivity index (χ4v) is 3.78. The van der Waals surface area contributed by atoms with Crippen molar-refractivity contribution in [1.82, 2.24) is 5.43 Å². The molecule has 0 unspecified atom stereocenters. The van der Waals surface area contributed by atoms with Gasteiger partial charge in [-0.1, -0.05) is 40.2 Å². The van der Waals surface area contributed by atoms with Gasteiger partial charge in [-0.05, 0) is 55.7 Å². The maximum Gasteiger partial charge on any atom is 0.260 e. The molecule has 144 valence electrons. The van der Waals surface area contributed by atoms with Gasteiger partial charge in [0.15, 0.2) is 0 Å². The summed E-state index contributed by atoms with van der Waals surface area (Å²) in [7, 11) is -3.63. The van der Waals surface area contributed by atoms with Gasteiger partial charge in [-0.2, -0.15) is 5.10 Å². The van der Waals surface area contributed by atoms with Crippen LogP contribution in [0.5, 0.6) is 0 Å². The van der Waals surface area contributed by atoms with Crippen LogP contribution >= 0.6 is 15.9 Å². The molecule has 6 nitrogen and oxygen atoms in total. The highest BCUT2D eigenvalue weighted by Crippen LogP contribution is 2.24. The Hall–Kier alpha value is -2.19. The van der Waals surface area contributed by atoms with E-state index in [0.29, 0.717) is 11.4 Å². The maximum atomic E-state index is 12.3. The summed E-state index contributed by atoms with van der Waals surface area (Å²) in [6, 6.07) is 12.9. The summed E-state index contributed by atoms with van der Waals surface area (Å²) >= 11 is 3.39. The minimum atomic E-state index is -3.63. The molecule has 0 aromatic heterocycles. The standard InChI is InChI=1S/C19H22BrN3O3S/c1-13-7-5-10-18(14(13)2)23(27(4,25)26)12-19(24)22-21-15(3)16-8-6-9-17(20)11-16/h5-11H,12H2,1-4H3,(H,22,24)/b21-15+. The number of carbonyl (C=O) groups excluding carboxylic acids is 1. The van der Waals surface area contributed by atoms with Crippen LogP contribution in [0.3, 0.4) is 0 Å². The fourth-order valence-electron chi connectivity index (χ4n) is 2.48. The van der Waals surface area contributed by atoms with E-state index in [9.17, 15) is 13.2 Å². The molecule has 0 fully saturated rings. The Labute approximate surface area is 168 Å². The van der Waals surface area contributed by atoms with Crippen LogP contribution < -0.4 is 9.73 Å². The summed E-state index contributed by atoms with van der Waals surface area (Å²) in [6.45, 7) is 5.14. The third-order valence-corrected chi connectivity index (χ3v) is 5.74. The van der Waals surface area contributed by atoms with Crippen molar-refractivity contribution in [3.8, 4) is 0 Å². The normalized spacial score (nSPS) is 12.0. The number of rotatable bonds is 6. The average Bonchev–Trinajstić information content (AvgIpc) is 2.59. The number of benzene rings is 2. The van der Waals surface area contributed by atoms with Crippen molar-refractivity contribution in [3.63, 3.8) is 0 Å². The Kier molecular flexibility index (Phi) is 6.78. The molecule has 0 heterocycles. The number of nitrogens with one attached hydrogen (secondary N) is 1. The van der Waals surface area contributed by atoms with Gasteiger partial charge in [0.2, 0.25) is 10.0 Å². The number of hydrazone groups is 1. The molecule has 1 amide bonds. The number of aryl methyl sites for hydroxylation is 1. The molecule has 1 N–H and O–H groups in total. The third kappa shape index (κ3) is 5.64. The van der Waals surface area contributed by atoms with Crippen LogP contribution in [0.2, 0.25) is 0 Å². The first-order valence-electron chi connectivity index (χ1n) is 8.22. The zero-order valence-corrected chi connectivity index (χ0v) is 18.1. The molecular formula is C19H22BrN3O3S. The van der Waals surface area contributed by atoms with Crippen molar-refractivity contribution < 1.29 is 13.2 Å². The van der Waals surface area contributed by atoms with Gasteiger partial charge in [0, 0.05) is 4.47 Å². The van der Waals surface area contributed by atoms with Crippen LogP contribution in [-0.2, 0) is 14.8 Å². The van der Waals surface area contributed by atoms with Crippen LogP contribution in [0.4, 0.5) is 5.69 Å². The molecule has 0 saturated heterocycles. The predicted octanol–water partition coefficient (Wildman–Crippen LogP) is 3.37. The number of carbonyl (C=O) groups is 1. The van der Waals surface area contributed by atoms with Gasteiger partial charge in [-0.15, -0.1) is 0 Å². The lowest BCUT2D eigenvalue weighted by Crippen LogP contribution is -2.39. The maximum absolute atomic E-state index is 12.3. The Bertz CT molecular complexity index is 987. The summed E-state index contributed by atoms with van der Waals surface area (Å²) in [4.78, 5) is 12.3. The van der Waals surface area contributed by atoms with Crippen LogP contribution in [0.1, 0.15) is 23.6 Å². The van der Waals surface area contributed by atoms with Crippen molar-refractivity contribution in [3.05, 3.63) is 63.6 Å². The number of halogens is 1. The second kappa shape index (κ2) is 8.67. The van der Waals surface area contributed by atoms with Crippen LogP contribution in [-0.4, -0.2) is 32.8 Å². The largest absolute Gasteiger partial charge is 0.271 e. The zero-order valence-electron chi connectivity index (χ0n) is 15.7. The highest BCUT2D eigenvalue weighted by atomic mass is 79.9. The molecule has 0 atom stereocenters. The lowest BCUT2D eigenvalue weighted by molar-refractivity contribution is -0.119. The molecule has 0 radical (unpaired) electrons. The molecule has 2 rings (SSSR count). The highest BCUT2D eigenvalue weighted by molar-refractivity contribution is 9.10. The summed E-state index contributed by atoms with van der Waals surface area (Å²) < 4.78 is 26.5. The Balaban J connectivity index is 2.20. The number of hydrogen-bond acceptors (Lipinski definition) is 4. The summed E-state index contributed by atoms with van der Waals surface area (Å²) in [5.74, 6) is -0.518. The number of hydrogen-bond donors (Lipinski definition) is 1. The molecule has 0 aliphatic carbocycles. The van der Waals surface area contributed by atoms with E-state index in [2.05, 4.69) is 26.5 Å². The summed E-state index contributed by atoms with van der Waals surface area (Å²) in [6.07, 6.45) is 1.08. The second-order valence-corrected chi connectivity index (χ2v) is 9.05. The van der Waals surface area contributed by atoms with Gasteiger partial charge in [0.25, 0.3) is 5.91 Å². The van der Waals surface area contributed by atoms with Gasteiger partial charge in [0.05, 0.1) is 17.7 Å². The van der Waals surface area contributed by atoms with Crippen molar-refractivity contribution in [2.24, 2.45) is 5.10 Å². The molecule has 0 bridgehead atoms. The van der Waals surface area contributed by atoms with Gasteiger partial charge in [-0.25, -0.2) is 13.8 Å². The molecule has 2 aromatic rings. The molecule has 27 heavy (non-hydrogen) atoms. The molecule has 8 heteroatoms. The van der Waals surface area contributed by atoms with E-state index < -0.39 is 15.9 Å². The molecule has 0 spiro atoms. The molecule has 2 aromatic carbocycles. The monoisotopic (exact) mass is 451 g/mol. The number of nitrogens with zero attached hydrogens (tertiary/aromatic N) is 2. The van der Waals surface area contributed by atoms with Crippen molar-refractivity contribution >= 4 is 43.3 Å². The lowest BCUT2D eigenvalue weighted by atomic mass is 10.1. The van der Waals surface area contributed by atoms with Gasteiger partial charge in [0.1, 0.15) is 6.54 Å². The zero-order chi connectivity index (χ0) is 20.2. The molecule has 0 aliphatic rings. The first kappa shape index (κ1) is 21.1. The number of amides is 1. The van der Waals surface area contributed by atoms with E-state index in [0.717, 1.165) is 31.7 Å². The summed E-state index contributed by atoms with van der Waals surface area (Å²) in [5, 5.41) is 4.08. The first-order valence-corrected chi connectivity index (χ1v) is 10.9. The smallest absolute Gasteiger partial charge is 0.260 e. The van der Waals surface area contributed by atoms with Crippen LogP contribution in [0.25, 0.3) is 0 Å². The Morgan fingerprint density at radius 3 is 2.48 bits per heavy atom. The third-order valence-electron chi connectivity index (χ3n) is 4.12. The average molecular weight is 452 g/mol. The van der Waals surface area contributed by atoms with Gasteiger partial charge < -0.3 is 0 Å². The van der Waals surface area contributed by atoms with E-state index in [1.54, 1.807) is 19.1 Å². The van der Waals surface area contributed by atoms with E-state index in [1.165, 1.54) is 0 Å². The number of sulfonamides is 1. The minimum absolute atomic E-state index is 0.349. The number of anilines is 1.